The molecular formula is C39H33N3O. The van der Waals surface area contributed by atoms with Gasteiger partial charge in [0.15, 0.2) is 0 Å². The van der Waals surface area contributed by atoms with Crippen LogP contribution in [0.1, 0.15) is 23.6 Å². The molecule has 4 nitrogen and oxygen atoms in total. The molecule has 0 N–H and O–H groups in total. The van der Waals surface area contributed by atoms with Gasteiger partial charge in [0.2, 0.25) is 5.95 Å². The van der Waals surface area contributed by atoms with E-state index in [4.69, 9.17) is 14.7 Å². The van der Waals surface area contributed by atoms with E-state index in [-0.39, 0.29) is 6.04 Å². The van der Waals surface area contributed by atoms with Gasteiger partial charge in [-0.2, -0.15) is 0 Å². The lowest BCUT2D eigenvalue weighted by atomic mass is 9.94. The highest BCUT2D eigenvalue weighted by atomic mass is 16.5. The highest BCUT2D eigenvalue weighted by Crippen LogP contribution is 2.36. The third kappa shape index (κ3) is 5.52. The summed E-state index contributed by atoms with van der Waals surface area (Å²) in [5.41, 5.74) is 8.89. The van der Waals surface area contributed by atoms with Gasteiger partial charge in [-0.25, -0.2) is 9.97 Å². The Kier molecular flexibility index (Phi) is 7.41. The number of nitrogens with zero attached hydrogens (tertiary/aromatic N) is 3. The molecule has 0 bridgehead atoms. The monoisotopic (exact) mass is 559 g/mol. The van der Waals surface area contributed by atoms with Crippen molar-refractivity contribution < 1.29 is 4.74 Å². The van der Waals surface area contributed by atoms with Gasteiger partial charge in [0, 0.05) is 16.6 Å². The van der Waals surface area contributed by atoms with Crippen molar-refractivity contribution in [3.8, 4) is 17.0 Å². The second-order valence-corrected chi connectivity index (χ2v) is 11.0. The van der Waals surface area contributed by atoms with Crippen LogP contribution < -0.4 is 9.64 Å². The summed E-state index contributed by atoms with van der Waals surface area (Å²) in [5, 5.41) is 1.03. The average Bonchev–Trinajstić information content (AvgIpc) is 3.07. The van der Waals surface area contributed by atoms with Crippen LogP contribution in [-0.2, 0) is 12.8 Å². The zero-order valence-electron chi connectivity index (χ0n) is 24.2. The van der Waals surface area contributed by atoms with E-state index in [0.29, 0.717) is 12.6 Å². The number of allylic oxidation sites excluding steroid dienone is 2. The molecule has 0 saturated heterocycles. The maximum atomic E-state index is 6.56. The first-order valence-electron chi connectivity index (χ1n) is 14.9. The molecule has 0 radical (unpaired) electrons. The zero-order chi connectivity index (χ0) is 29.0. The van der Waals surface area contributed by atoms with E-state index in [1.807, 2.05) is 18.2 Å². The van der Waals surface area contributed by atoms with Crippen LogP contribution >= 0.6 is 0 Å². The molecule has 1 aliphatic heterocycles. The van der Waals surface area contributed by atoms with Gasteiger partial charge in [-0.3, -0.25) is 0 Å². The van der Waals surface area contributed by atoms with Crippen LogP contribution in [0.25, 0.3) is 27.7 Å². The minimum atomic E-state index is -0.0532. The van der Waals surface area contributed by atoms with Gasteiger partial charge in [-0.15, -0.1) is 0 Å². The summed E-state index contributed by atoms with van der Waals surface area (Å²) in [6, 6.07) is 46.3. The summed E-state index contributed by atoms with van der Waals surface area (Å²) >= 11 is 0. The fraction of sp³-hybridized carbons (Fsp3) is 0.128. The SMILES string of the molecule is CC1COc2ccccc2C/C=C(/c2ccccc2)Cc2ccccc2N1c1nc(-c2ccccc2)c2ccccc2n1. The fourth-order valence-corrected chi connectivity index (χ4v) is 5.91. The predicted molar refractivity (Wildman–Crippen MR) is 177 cm³/mol. The Hall–Kier alpha value is -5.22. The molecule has 4 heteroatoms. The lowest BCUT2D eigenvalue weighted by molar-refractivity contribution is 0.292. The van der Waals surface area contributed by atoms with Crippen molar-refractivity contribution in [2.24, 2.45) is 0 Å². The number of anilines is 2. The quantitative estimate of drug-likeness (QED) is 0.217. The van der Waals surface area contributed by atoms with E-state index >= 15 is 0 Å². The van der Waals surface area contributed by atoms with E-state index in [1.165, 1.54) is 22.3 Å². The Morgan fingerprint density at radius 3 is 2.12 bits per heavy atom. The number of rotatable bonds is 3. The molecule has 0 amide bonds. The van der Waals surface area contributed by atoms with Gasteiger partial charge < -0.3 is 9.64 Å². The van der Waals surface area contributed by atoms with E-state index in [9.17, 15) is 0 Å². The van der Waals surface area contributed by atoms with E-state index in [2.05, 4.69) is 133 Å². The Morgan fingerprint density at radius 1 is 0.651 bits per heavy atom. The molecule has 0 spiro atoms. The van der Waals surface area contributed by atoms with Crippen LogP contribution in [-0.4, -0.2) is 22.6 Å². The van der Waals surface area contributed by atoms with Gasteiger partial charge in [-0.1, -0.05) is 121 Å². The molecule has 0 fully saturated rings. The maximum absolute atomic E-state index is 6.56. The molecular weight excluding hydrogens is 526 g/mol. The van der Waals surface area contributed by atoms with Gasteiger partial charge >= 0.3 is 0 Å². The summed E-state index contributed by atoms with van der Waals surface area (Å²) in [6.45, 7) is 2.68. The lowest BCUT2D eigenvalue weighted by Gasteiger charge is -2.32. The Labute approximate surface area is 253 Å². The van der Waals surface area contributed by atoms with Crippen molar-refractivity contribution >= 4 is 28.1 Å². The van der Waals surface area contributed by atoms with Crippen molar-refractivity contribution in [1.82, 2.24) is 9.97 Å². The summed E-state index contributed by atoms with van der Waals surface area (Å²) < 4.78 is 6.56. The topological polar surface area (TPSA) is 38.2 Å². The number of hydrogen-bond acceptors (Lipinski definition) is 4. The van der Waals surface area contributed by atoms with Gasteiger partial charge in [0.1, 0.15) is 12.4 Å². The number of benzene rings is 5. The van der Waals surface area contributed by atoms with Crippen LogP contribution in [0, 0.1) is 0 Å². The average molecular weight is 560 g/mol. The Balaban J connectivity index is 1.43. The van der Waals surface area contributed by atoms with Crippen molar-refractivity contribution in [2.45, 2.75) is 25.8 Å². The van der Waals surface area contributed by atoms with Crippen LogP contribution in [0.2, 0.25) is 0 Å². The molecule has 6 aromatic rings. The third-order valence-electron chi connectivity index (χ3n) is 8.09. The molecule has 1 atom stereocenters. The molecule has 43 heavy (non-hydrogen) atoms. The number of ether oxygens (including phenoxy) is 1. The minimum absolute atomic E-state index is 0.0532. The molecule has 0 saturated carbocycles. The van der Waals surface area contributed by atoms with Crippen molar-refractivity contribution in [2.75, 3.05) is 11.5 Å². The molecule has 5 aromatic carbocycles. The molecule has 0 aliphatic carbocycles. The highest BCUT2D eigenvalue weighted by Gasteiger charge is 2.25. The first kappa shape index (κ1) is 26.7. The number of aromatic nitrogens is 2. The minimum Gasteiger partial charge on any atom is -0.491 e. The largest absolute Gasteiger partial charge is 0.491 e. The Bertz CT molecular complexity index is 1900. The van der Waals surface area contributed by atoms with Gasteiger partial charge in [-0.05, 0) is 60.2 Å². The molecule has 1 aromatic heterocycles. The molecule has 210 valence electrons. The van der Waals surface area contributed by atoms with E-state index < -0.39 is 0 Å². The second-order valence-electron chi connectivity index (χ2n) is 11.0. The second kappa shape index (κ2) is 11.9. The summed E-state index contributed by atoms with van der Waals surface area (Å²) in [5.74, 6) is 1.58. The van der Waals surface area contributed by atoms with Gasteiger partial charge in [0.25, 0.3) is 0 Å². The van der Waals surface area contributed by atoms with Crippen molar-refractivity contribution in [1.29, 1.82) is 0 Å². The standard InChI is InChI=1S/C39H33N3O/c1-28-27-43-37-23-13-9-16-30(37)24-25-32(29-14-4-2-5-15-29)26-33-19-8-12-22-36(33)42(28)39-40-35-21-11-10-20-34(35)38(41-39)31-17-6-3-7-18-31/h2-23,25,28H,24,26-27H2,1H3/b32-25+. The molecule has 7 rings (SSSR count). The molecule has 2 heterocycles. The molecule has 1 unspecified atom stereocenters. The first-order chi connectivity index (χ1) is 21.2. The van der Waals surface area contributed by atoms with Crippen molar-refractivity contribution in [3.05, 3.63) is 156 Å². The van der Waals surface area contributed by atoms with Crippen LogP contribution in [0.4, 0.5) is 11.6 Å². The zero-order valence-corrected chi connectivity index (χ0v) is 24.2. The number of fused-ring (bicyclic) bond motifs is 3. The maximum Gasteiger partial charge on any atom is 0.231 e. The van der Waals surface area contributed by atoms with E-state index in [1.54, 1.807) is 0 Å². The number of para-hydroxylation sites is 3. The predicted octanol–water partition coefficient (Wildman–Crippen LogP) is 9.08. The lowest BCUT2D eigenvalue weighted by Crippen LogP contribution is -2.36. The fourth-order valence-electron chi connectivity index (χ4n) is 5.91. The Morgan fingerprint density at radius 2 is 1.30 bits per heavy atom. The van der Waals surface area contributed by atoms with Crippen LogP contribution in [0.5, 0.6) is 5.75 Å². The van der Waals surface area contributed by atoms with Gasteiger partial charge in [0.05, 0.1) is 17.3 Å². The normalized spacial score (nSPS) is 16.5. The van der Waals surface area contributed by atoms with Crippen molar-refractivity contribution in [3.63, 3.8) is 0 Å². The van der Waals surface area contributed by atoms with E-state index in [0.717, 1.165) is 46.4 Å². The number of hydrogen-bond donors (Lipinski definition) is 0. The third-order valence-corrected chi connectivity index (χ3v) is 8.09. The van der Waals surface area contributed by atoms with Crippen LogP contribution in [0.3, 0.4) is 0 Å². The smallest absolute Gasteiger partial charge is 0.231 e. The first-order valence-corrected chi connectivity index (χ1v) is 14.9. The molecule has 1 aliphatic rings. The highest BCUT2D eigenvalue weighted by molar-refractivity contribution is 5.93. The van der Waals surface area contributed by atoms with Crippen LogP contribution in [0.15, 0.2) is 140 Å². The summed E-state index contributed by atoms with van der Waals surface area (Å²) in [6.07, 6.45) is 3.93. The summed E-state index contributed by atoms with van der Waals surface area (Å²) in [4.78, 5) is 12.7. The summed E-state index contributed by atoms with van der Waals surface area (Å²) in [7, 11) is 0.